The summed E-state index contributed by atoms with van der Waals surface area (Å²) in [5.74, 6) is -0.0468. The molecule has 1 unspecified atom stereocenters. The minimum absolute atomic E-state index is 0.0468. The van der Waals surface area contributed by atoms with Gasteiger partial charge in [0.1, 0.15) is 0 Å². The molecule has 6 nitrogen and oxygen atoms in total. The molecule has 0 bridgehead atoms. The van der Waals surface area contributed by atoms with E-state index in [0.717, 1.165) is 69.5 Å². The number of piperidine rings is 1. The van der Waals surface area contributed by atoms with Crippen LogP contribution in [0.15, 0.2) is 78.9 Å². The summed E-state index contributed by atoms with van der Waals surface area (Å²) in [4.78, 5) is 19.0. The summed E-state index contributed by atoms with van der Waals surface area (Å²) < 4.78 is 13.3. The van der Waals surface area contributed by atoms with Crippen molar-refractivity contribution in [1.29, 1.82) is 0 Å². The molecule has 6 rings (SSSR count). The van der Waals surface area contributed by atoms with Crippen LogP contribution in [0.4, 0.5) is 11.4 Å². The Labute approximate surface area is 309 Å². The first-order valence-corrected chi connectivity index (χ1v) is 21.8. The predicted octanol–water partition coefficient (Wildman–Crippen LogP) is 8.32. The van der Waals surface area contributed by atoms with Crippen molar-refractivity contribution in [2.45, 2.75) is 123 Å². The number of rotatable bonds is 12. The SMILES string of the molecule is CCOC(=O)C1(CCNc2ccc(N3CCC(N4CCCC4C)CC3)cc2C)CCC(O[Si](c2ccccc2)(c2ccccc2)C(C)(C)C)CC1. The van der Waals surface area contributed by atoms with E-state index in [0.29, 0.717) is 6.61 Å². The lowest BCUT2D eigenvalue weighted by atomic mass is 9.71. The fourth-order valence-electron chi connectivity index (χ4n) is 9.48. The normalized spacial score (nSPS) is 23.7. The first-order valence-electron chi connectivity index (χ1n) is 19.9. The molecule has 1 atom stereocenters. The second-order valence-electron chi connectivity index (χ2n) is 16.6. The molecule has 3 aliphatic rings. The van der Waals surface area contributed by atoms with Crippen molar-refractivity contribution in [1.82, 2.24) is 4.90 Å². The van der Waals surface area contributed by atoms with Crippen LogP contribution in [0.5, 0.6) is 0 Å². The van der Waals surface area contributed by atoms with E-state index in [1.165, 1.54) is 53.9 Å². The Hall–Kier alpha value is -3.13. The fraction of sp³-hybridized carbons (Fsp3) is 0.568. The number of anilines is 2. The van der Waals surface area contributed by atoms with Crippen LogP contribution in [0, 0.1) is 12.3 Å². The summed E-state index contributed by atoms with van der Waals surface area (Å²) in [5, 5.41) is 6.25. The first-order chi connectivity index (χ1) is 24.6. The van der Waals surface area contributed by atoms with Crippen LogP contribution in [0.1, 0.15) is 98.0 Å². The Morgan fingerprint density at radius 2 is 1.51 bits per heavy atom. The van der Waals surface area contributed by atoms with Crippen molar-refractivity contribution in [2.75, 3.05) is 43.0 Å². The molecule has 3 aromatic rings. The van der Waals surface area contributed by atoms with Crippen LogP contribution in [0.2, 0.25) is 5.04 Å². The second-order valence-corrected chi connectivity index (χ2v) is 20.9. The van der Waals surface area contributed by atoms with Gasteiger partial charge in [0, 0.05) is 49.2 Å². The molecule has 3 fully saturated rings. The number of hydrogen-bond donors (Lipinski definition) is 1. The highest BCUT2D eigenvalue weighted by Gasteiger charge is 2.53. The zero-order valence-electron chi connectivity index (χ0n) is 32.3. The maximum absolute atomic E-state index is 13.7. The van der Waals surface area contributed by atoms with Crippen molar-refractivity contribution >= 4 is 36.0 Å². The Morgan fingerprint density at radius 1 is 0.882 bits per heavy atom. The van der Waals surface area contributed by atoms with Gasteiger partial charge in [-0.05, 0) is 124 Å². The predicted molar refractivity (Wildman–Crippen MR) is 215 cm³/mol. The highest BCUT2D eigenvalue weighted by atomic mass is 28.4. The summed E-state index contributed by atoms with van der Waals surface area (Å²) >= 11 is 0. The number of nitrogens with one attached hydrogen (secondary N) is 1. The van der Waals surface area contributed by atoms with Gasteiger partial charge in [-0.3, -0.25) is 9.69 Å². The minimum atomic E-state index is -2.67. The summed E-state index contributed by atoms with van der Waals surface area (Å²) in [6, 6.07) is 30.1. The Kier molecular flexibility index (Phi) is 12.0. The van der Waals surface area contributed by atoms with E-state index in [-0.39, 0.29) is 17.1 Å². The lowest BCUT2D eigenvalue weighted by Gasteiger charge is -2.47. The molecule has 0 amide bonds. The zero-order valence-corrected chi connectivity index (χ0v) is 33.3. The van der Waals surface area contributed by atoms with Crippen LogP contribution in [0.3, 0.4) is 0 Å². The van der Waals surface area contributed by atoms with Crippen molar-refractivity contribution < 1.29 is 14.0 Å². The van der Waals surface area contributed by atoms with Gasteiger partial charge in [-0.2, -0.15) is 0 Å². The lowest BCUT2D eigenvalue weighted by molar-refractivity contribution is -0.159. The Bertz CT molecular complexity index is 1520. The van der Waals surface area contributed by atoms with Gasteiger partial charge in [0.15, 0.2) is 0 Å². The zero-order chi connectivity index (χ0) is 36.1. The third kappa shape index (κ3) is 8.11. The monoisotopic (exact) mass is 709 g/mol. The number of likely N-dealkylation sites (tertiary alicyclic amines) is 1. The van der Waals surface area contributed by atoms with Gasteiger partial charge in [-0.25, -0.2) is 0 Å². The third-order valence-corrected chi connectivity index (χ3v) is 17.5. The molecule has 2 saturated heterocycles. The highest BCUT2D eigenvalue weighted by Crippen LogP contribution is 2.45. The van der Waals surface area contributed by atoms with Crippen molar-refractivity contribution in [3.05, 3.63) is 84.4 Å². The minimum Gasteiger partial charge on any atom is -0.466 e. The summed E-state index contributed by atoms with van der Waals surface area (Å²) in [7, 11) is -2.67. The Balaban J connectivity index is 1.10. The van der Waals surface area contributed by atoms with Crippen LogP contribution < -0.4 is 20.6 Å². The molecular weight excluding hydrogens is 647 g/mol. The van der Waals surface area contributed by atoms with E-state index >= 15 is 0 Å². The largest absolute Gasteiger partial charge is 0.466 e. The number of carbonyl (C=O) groups is 1. The molecular formula is C44H63N3O3Si. The smallest absolute Gasteiger partial charge is 0.312 e. The highest BCUT2D eigenvalue weighted by molar-refractivity contribution is 6.99. The van der Waals surface area contributed by atoms with Crippen molar-refractivity contribution in [3.63, 3.8) is 0 Å². The van der Waals surface area contributed by atoms with Gasteiger partial charge >= 0.3 is 5.97 Å². The van der Waals surface area contributed by atoms with E-state index < -0.39 is 13.7 Å². The fourth-order valence-corrected chi connectivity index (χ4v) is 14.2. The number of carbonyl (C=O) groups excluding carboxylic acids is 1. The molecule has 1 saturated carbocycles. The standard InChI is InChI=1S/C44H63N3O3Si/c1-7-49-42(48)44(28-29-45-41-21-20-37(33-34(41)2)46-31-24-36(25-32-46)47-30-14-15-35(47)3)26-22-38(23-27-44)50-51(43(4,5)6,39-16-10-8-11-17-39)40-18-12-9-13-19-40/h8-13,16-21,33,35-36,38,45H,7,14-15,22-32H2,1-6H3. The molecule has 0 radical (unpaired) electrons. The van der Waals surface area contributed by atoms with E-state index in [2.05, 4.69) is 129 Å². The molecule has 0 aromatic heterocycles. The topological polar surface area (TPSA) is 54.0 Å². The lowest BCUT2D eigenvalue weighted by Crippen LogP contribution is -2.68. The second kappa shape index (κ2) is 16.3. The van der Waals surface area contributed by atoms with Gasteiger partial charge in [0.2, 0.25) is 0 Å². The maximum atomic E-state index is 13.7. The molecule has 2 heterocycles. The molecule has 276 valence electrons. The number of esters is 1. The van der Waals surface area contributed by atoms with Gasteiger partial charge in [0.25, 0.3) is 8.32 Å². The molecule has 51 heavy (non-hydrogen) atoms. The van der Waals surface area contributed by atoms with Crippen molar-refractivity contribution in [3.8, 4) is 0 Å². The van der Waals surface area contributed by atoms with E-state index in [4.69, 9.17) is 9.16 Å². The van der Waals surface area contributed by atoms with Crippen molar-refractivity contribution in [2.24, 2.45) is 5.41 Å². The average Bonchev–Trinajstić information content (AvgIpc) is 3.58. The van der Waals surface area contributed by atoms with Crippen LogP contribution in [-0.2, 0) is 14.0 Å². The average molecular weight is 710 g/mol. The number of aryl methyl sites for hydroxylation is 1. The van der Waals surface area contributed by atoms with Gasteiger partial charge < -0.3 is 19.4 Å². The Morgan fingerprint density at radius 3 is 2.04 bits per heavy atom. The molecule has 2 aliphatic heterocycles. The maximum Gasteiger partial charge on any atom is 0.312 e. The van der Waals surface area contributed by atoms with Gasteiger partial charge in [-0.1, -0.05) is 81.4 Å². The number of benzene rings is 3. The van der Waals surface area contributed by atoms with Gasteiger partial charge in [-0.15, -0.1) is 0 Å². The summed E-state index contributed by atoms with van der Waals surface area (Å²) in [6.07, 6.45) is 9.31. The number of ether oxygens (including phenoxy) is 1. The molecule has 3 aromatic carbocycles. The van der Waals surface area contributed by atoms with E-state index in [9.17, 15) is 4.79 Å². The molecule has 7 heteroatoms. The molecule has 1 N–H and O–H groups in total. The van der Waals surface area contributed by atoms with E-state index in [1.54, 1.807) is 0 Å². The summed E-state index contributed by atoms with van der Waals surface area (Å²) in [6.45, 7) is 18.2. The quantitative estimate of drug-likeness (QED) is 0.151. The number of hydrogen-bond acceptors (Lipinski definition) is 6. The summed E-state index contributed by atoms with van der Waals surface area (Å²) in [5.41, 5.74) is 3.24. The molecule has 0 spiro atoms. The van der Waals surface area contributed by atoms with Crippen LogP contribution in [-0.4, -0.2) is 70.2 Å². The third-order valence-electron chi connectivity index (χ3n) is 12.4. The van der Waals surface area contributed by atoms with Crippen LogP contribution in [0.25, 0.3) is 0 Å². The number of nitrogens with zero attached hydrogens (tertiary/aromatic N) is 2. The van der Waals surface area contributed by atoms with E-state index in [1.807, 2.05) is 6.92 Å². The van der Waals surface area contributed by atoms with Gasteiger partial charge in [0.05, 0.1) is 12.0 Å². The van der Waals surface area contributed by atoms with Crippen LogP contribution >= 0.6 is 0 Å². The first kappa shape index (κ1) is 37.6. The molecule has 1 aliphatic carbocycles.